The zero-order valence-electron chi connectivity index (χ0n) is 13.7. The fourth-order valence-corrected chi connectivity index (χ4v) is 2.14. The van der Waals surface area contributed by atoms with Crippen molar-refractivity contribution in [3.8, 4) is 0 Å². The summed E-state index contributed by atoms with van der Waals surface area (Å²) >= 11 is 6.17. The SMILES string of the molecule is CN=C(NCC(=O)OC(C)(C)C)NC(C)c1ccccc1Cl. The van der Waals surface area contributed by atoms with Crippen LogP contribution in [0.15, 0.2) is 29.3 Å². The van der Waals surface area contributed by atoms with Crippen LogP contribution in [-0.2, 0) is 9.53 Å². The first-order valence-electron chi connectivity index (χ1n) is 7.16. The van der Waals surface area contributed by atoms with Gasteiger partial charge in [0.05, 0.1) is 6.04 Å². The van der Waals surface area contributed by atoms with Crippen LogP contribution in [0.3, 0.4) is 0 Å². The van der Waals surface area contributed by atoms with Crippen molar-refractivity contribution in [1.29, 1.82) is 0 Å². The predicted molar refractivity (Wildman–Crippen MR) is 90.2 cm³/mol. The lowest BCUT2D eigenvalue weighted by atomic mass is 10.1. The number of nitrogens with zero attached hydrogens (tertiary/aromatic N) is 1. The zero-order chi connectivity index (χ0) is 16.8. The molecule has 1 aromatic rings. The van der Waals surface area contributed by atoms with Crippen molar-refractivity contribution < 1.29 is 9.53 Å². The number of hydrogen-bond donors (Lipinski definition) is 2. The summed E-state index contributed by atoms with van der Waals surface area (Å²) in [6, 6.07) is 7.55. The monoisotopic (exact) mass is 325 g/mol. The summed E-state index contributed by atoms with van der Waals surface area (Å²) in [6.07, 6.45) is 0. The Bertz CT molecular complexity index is 538. The summed E-state index contributed by atoms with van der Waals surface area (Å²) in [5.41, 5.74) is 0.463. The quantitative estimate of drug-likeness (QED) is 0.507. The van der Waals surface area contributed by atoms with Gasteiger partial charge in [0, 0.05) is 12.1 Å². The van der Waals surface area contributed by atoms with Gasteiger partial charge in [-0.1, -0.05) is 29.8 Å². The van der Waals surface area contributed by atoms with Crippen molar-refractivity contribution in [3.05, 3.63) is 34.9 Å². The Morgan fingerprint density at radius 1 is 1.36 bits per heavy atom. The third-order valence-electron chi connectivity index (χ3n) is 2.77. The normalized spacial score (nSPS) is 13.5. The first kappa shape index (κ1) is 18.3. The van der Waals surface area contributed by atoms with Crippen LogP contribution in [0.1, 0.15) is 39.3 Å². The van der Waals surface area contributed by atoms with Gasteiger partial charge in [-0.15, -0.1) is 0 Å². The largest absolute Gasteiger partial charge is 0.459 e. The molecule has 0 aliphatic carbocycles. The summed E-state index contributed by atoms with van der Waals surface area (Å²) in [5, 5.41) is 6.81. The van der Waals surface area contributed by atoms with Gasteiger partial charge in [-0.05, 0) is 39.3 Å². The molecule has 0 spiro atoms. The van der Waals surface area contributed by atoms with Gasteiger partial charge >= 0.3 is 5.97 Å². The first-order valence-corrected chi connectivity index (χ1v) is 7.54. The van der Waals surface area contributed by atoms with Gasteiger partial charge in [-0.2, -0.15) is 0 Å². The molecule has 0 fully saturated rings. The molecule has 0 saturated heterocycles. The van der Waals surface area contributed by atoms with Crippen LogP contribution in [0.25, 0.3) is 0 Å². The highest BCUT2D eigenvalue weighted by Gasteiger charge is 2.17. The van der Waals surface area contributed by atoms with E-state index in [1.165, 1.54) is 0 Å². The van der Waals surface area contributed by atoms with Crippen molar-refractivity contribution in [3.63, 3.8) is 0 Å². The van der Waals surface area contributed by atoms with Crippen LogP contribution >= 0.6 is 11.6 Å². The molecule has 0 radical (unpaired) electrons. The number of ether oxygens (including phenoxy) is 1. The number of carbonyl (C=O) groups is 1. The third kappa shape index (κ3) is 6.35. The minimum absolute atomic E-state index is 0.0430. The smallest absolute Gasteiger partial charge is 0.325 e. The molecule has 5 nitrogen and oxygen atoms in total. The van der Waals surface area contributed by atoms with Crippen LogP contribution in [-0.4, -0.2) is 31.1 Å². The molecular weight excluding hydrogens is 302 g/mol. The second-order valence-electron chi connectivity index (χ2n) is 5.90. The fourth-order valence-electron chi connectivity index (χ4n) is 1.84. The molecule has 0 aromatic heterocycles. The van der Waals surface area contributed by atoms with E-state index in [1.54, 1.807) is 7.05 Å². The minimum Gasteiger partial charge on any atom is -0.459 e. The lowest BCUT2D eigenvalue weighted by Crippen LogP contribution is -2.42. The molecule has 1 rings (SSSR count). The van der Waals surface area contributed by atoms with Gasteiger partial charge in [0.25, 0.3) is 0 Å². The lowest BCUT2D eigenvalue weighted by Gasteiger charge is -2.21. The van der Waals surface area contributed by atoms with E-state index >= 15 is 0 Å². The van der Waals surface area contributed by atoms with Crippen LogP contribution in [0.5, 0.6) is 0 Å². The fraction of sp³-hybridized carbons (Fsp3) is 0.500. The molecule has 0 saturated carbocycles. The van der Waals surface area contributed by atoms with Crippen molar-refractivity contribution in [2.45, 2.75) is 39.3 Å². The Morgan fingerprint density at radius 2 is 2.00 bits per heavy atom. The Hall–Kier alpha value is -1.75. The van der Waals surface area contributed by atoms with Crippen molar-refractivity contribution in [2.75, 3.05) is 13.6 Å². The molecule has 122 valence electrons. The number of halogens is 1. The number of aliphatic imine (C=N–C) groups is 1. The van der Waals surface area contributed by atoms with Gasteiger partial charge in [0.15, 0.2) is 5.96 Å². The molecule has 0 aliphatic rings. The first-order chi connectivity index (χ1) is 10.2. The zero-order valence-corrected chi connectivity index (χ0v) is 14.5. The van der Waals surface area contributed by atoms with E-state index in [2.05, 4.69) is 15.6 Å². The van der Waals surface area contributed by atoms with E-state index in [0.717, 1.165) is 5.56 Å². The summed E-state index contributed by atoms with van der Waals surface area (Å²) in [5.74, 6) is 0.180. The number of rotatable bonds is 4. The predicted octanol–water partition coefficient (Wildman–Crippen LogP) is 2.91. The van der Waals surface area contributed by atoms with Gasteiger partial charge < -0.3 is 15.4 Å². The van der Waals surface area contributed by atoms with Gasteiger partial charge in [-0.25, -0.2) is 0 Å². The number of guanidine groups is 1. The molecule has 0 heterocycles. The van der Waals surface area contributed by atoms with Crippen molar-refractivity contribution in [1.82, 2.24) is 10.6 Å². The van der Waals surface area contributed by atoms with Crippen LogP contribution in [0, 0.1) is 0 Å². The molecule has 22 heavy (non-hydrogen) atoms. The highest BCUT2D eigenvalue weighted by molar-refractivity contribution is 6.31. The molecule has 1 aromatic carbocycles. The van der Waals surface area contributed by atoms with Gasteiger partial charge in [0.1, 0.15) is 12.1 Å². The van der Waals surface area contributed by atoms with Crippen molar-refractivity contribution >= 4 is 23.5 Å². The Labute approximate surface area is 137 Å². The van der Waals surface area contributed by atoms with E-state index in [0.29, 0.717) is 11.0 Å². The van der Waals surface area contributed by atoms with Crippen LogP contribution < -0.4 is 10.6 Å². The Balaban J connectivity index is 2.56. The maximum Gasteiger partial charge on any atom is 0.325 e. The van der Waals surface area contributed by atoms with Gasteiger partial charge in [-0.3, -0.25) is 9.79 Å². The van der Waals surface area contributed by atoms with E-state index in [-0.39, 0.29) is 18.6 Å². The molecule has 1 unspecified atom stereocenters. The molecule has 0 amide bonds. The number of carbonyl (C=O) groups excluding carboxylic acids is 1. The van der Waals surface area contributed by atoms with E-state index < -0.39 is 5.60 Å². The van der Waals surface area contributed by atoms with Crippen LogP contribution in [0.4, 0.5) is 0 Å². The Morgan fingerprint density at radius 3 is 2.55 bits per heavy atom. The number of esters is 1. The second-order valence-corrected chi connectivity index (χ2v) is 6.31. The maximum atomic E-state index is 11.7. The summed E-state index contributed by atoms with van der Waals surface area (Å²) in [7, 11) is 1.64. The molecule has 1 atom stereocenters. The minimum atomic E-state index is -0.499. The highest BCUT2D eigenvalue weighted by Crippen LogP contribution is 2.21. The van der Waals surface area contributed by atoms with E-state index in [9.17, 15) is 4.79 Å². The molecule has 0 bridgehead atoms. The number of nitrogens with one attached hydrogen (secondary N) is 2. The van der Waals surface area contributed by atoms with Crippen molar-refractivity contribution in [2.24, 2.45) is 4.99 Å². The molecule has 0 aliphatic heterocycles. The van der Waals surface area contributed by atoms with E-state index in [4.69, 9.17) is 16.3 Å². The Kier molecular flexibility index (Phi) is 6.68. The van der Waals surface area contributed by atoms with Gasteiger partial charge in [0.2, 0.25) is 0 Å². The summed E-state index contributed by atoms with van der Waals surface area (Å²) in [6.45, 7) is 7.51. The number of benzene rings is 1. The maximum absolute atomic E-state index is 11.7. The average Bonchev–Trinajstić information content (AvgIpc) is 2.41. The molecule has 2 N–H and O–H groups in total. The molecule has 6 heteroatoms. The average molecular weight is 326 g/mol. The van der Waals surface area contributed by atoms with Crippen LogP contribution in [0.2, 0.25) is 5.02 Å². The second kappa shape index (κ2) is 8.03. The topological polar surface area (TPSA) is 62.7 Å². The lowest BCUT2D eigenvalue weighted by molar-refractivity contribution is -0.153. The standard InChI is InChI=1S/C16H24ClN3O2/c1-11(12-8-6-7-9-13(12)17)20-15(18-5)19-10-14(21)22-16(2,3)4/h6-9,11H,10H2,1-5H3,(H2,18,19,20). The van der Waals surface area contributed by atoms with E-state index in [1.807, 2.05) is 52.0 Å². The number of hydrogen-bond acceptors (Lipinski definition) is 3. The third-order valence-corrected chi connectivity index (χ3v) is 3.11. The molecular formula is C16H24ClN3O2. The summed E-state index contributed by atoms with van der Waals surface area (Å²) in [4.78, 5) is 15.8. The highest BCUT2D eigenvalue weighted by atomic mass is 35.5. The summed E-state index contributed by atoms with van der Waals surface area (Å²) < 4.78 is 5.24.